The molecule has 0 saturated heterocycles. The van der Waals surface area contributed by atoms with Crippen LogP contribution in [0.3, 0.4) is 0 Å². The van der Waals surface area contributed by atoms with E-state index in [0.717, 1.165) is 17.5 Å². The molecule has 7 heteroatoms. The number of alkyl halides is 1. The molecular formula is C20H22IN3O3. The van der Waals surface area contributed by atoms with Crippen LogP contribution in [0.5, 0.6) is 0 Å². The van der Waals surface area contributed by atoms with Crippen molar-refractivity contribution in [2.45, 2.75) is 20.0 Å². The van der Waals surface area contributed by atoms with Crippen molar-refractivity contribution in [1.82, 2.24) is 10.0 Å². The SMILES string of the molecule is Cc1ccc(C=O)cc1N(CI=O)CC(=O)N(C)N1Cc2ccccc2C1. The molecule has 0 aromatic heterocycles. The van der Waals surface area contributed by atoms with E-state index in [9.17, 15) is 12.7 Å². The zero-order chi connectivity index (χ0) is 19.4. The lowest BCUT2D eigenvalue weighted by Gasteiger charge is -2.31. The highest BCUT2D eigenvalue weighted by molar-refractivity contribution is 14.1. The summed E-state index contributed by atoms with van der Waals surface area (Å²) in [6.45, 7) is 3.44. The van der Waals surface area contributed by atoms with E-state index < -0.39 is 21.2 Å². The van der Waals surface area contributed by atoms with Gasteiger partial charge < -0.3 is 4.90 Å². The third-order valence-corrected chi connectivity index (χ3v) is 5.94. The van der Waals surface area contributed by atoms with E-state index in [1.165, 1.54) is 11.1 Å². The Morgan fingerprint density at radius 1 is 1.19 bits per heavy atom. The Bertz CT molecular complexity index is 846. The second-order valence-corrected chi connectivity index (χ2v) is 7.90. The lowest BCUT2D eigenvalue weighted by atomic mass is 10.1. The average Bonchev–Trinajstić information content (AvgIpc) is 3.11. The van der Waals surface area contributed by atoms with Gasteiger partial charge in [-0.2, -0.15) is 0 Å². The number of aryl methyl sites for hydroxylation is 1. The molecular weight excluding hydrogens is 457 g/mol. The molecule has 3 rings (SSSR count). The number of fused-ring (bicyclic) bond motifs is 1. The molecule has 1 amide bonds. The topological polar surface area (TPSA) is 60.9 Å². The molecule has 0 unspecified atom stereocenters. The van der Waals surface area contributed by atoms with Gasteiger partial charge in [0.15, 0.2) is 21.2 Å². The van der Waals surface area contributed by atoms with Gasteiger partial charge in [0, 0.05) is 31.4 Å². The zero-order valence-corrected chi connectivity index (χ0v) is 17.5. The van der Waals surface area contributed by atoms with Gasteiger partial charge >= 0.3 is 0 Å². The number of hydrogen-bond donors (Lipinski definition) is 0. The number of likely N-dealkylation sites (N-methyl/N-ethyl adjacent to an activating group) is 1. The third-order valence-electron chi connectivity index (χ3n) is 4.84. The van der Waals surface area contributed by atoms with Crippen molar-refractivity contribution in [2.24, 2.45) is 0 Å². The minimum Gasteiger partial charge on any atom is -0.350 e. The number of benzene rings is 2. The van der Waals surface area contributed by atoms with Crippen molar-refractivity contribution < 1.29 is 12.7 Å². The molecule has 1 aliphatic heterocycles. The van der Waals surface area contributed by atoms with Gasteiger partial charge in [0.25, 0.3) is 5.91 Å². The Hall–Kier alpha value is -2.13. The van der Waals surface area contributed by atoms with Gasteiger partial charge in [-0.05, 0) is 29.7 Å². The summed E-state index contributed by atoms with van der Waals surface area (Å²) in [5.41, 5.74) is 4.73. The molecule has 0 radical (unpaired) electrons. The van der Waals surface area contributed by atoms with Crippen LogP contribution in [0.25, 0.3) is 0 Å². The molecule has 0 atom stereocenters. The monoisotopic (exact) mass is 479 g/mol. The van der Waals surface area contributed by atoms with E-state index >= 15 is 0 Å². The van der Waals surface area contributed by atoms with Gasteiger partial charge in [-0.3, -0.25) is 17.7 Å². The Balaban J connectivity index is 1.74. The first-order chi connectivity index (χ1) is 13.0. The molecule has 0 N–H and O–H groups in total. The summed E-state index contributed by atoms with van der Waals surface area (Å²) in [4.78, 5) is 25.8. The number of carbonyl (C=O) groups is 2. The molecule has 142 valence electrons. The summed E-state index contributed by atoms with van der Waals surface area (Å²) in [6, 6.07) is 13.5. The molecule has 0 saturated carbocycles. The first kappa shape index (κ1) is 19.6. The molecule has 0 spiro atoms. The van der Waals surface area contributed by atoms with Gasteiger partial charge in [-0.15, -0.1) is 0 Å². The van der Waals surface area contributed by atoms with Crippen LogP contribution in [0, 0.1) is 6.92 Å². The van der Waals surface area contributed by atoms with Crippen molar-refractivity contribution in [3.05, 3.63) is 64.7 Å². The molecule has 1 heterocycles. The van der Waals surface area contributed by atoms with Gasteiger partial charge in [-0.25, -0.2) is 5.01 Å². The van der Waals surface area contributed by atoms with Crippen molar-refractivity contribution in [3.8, 4) is 0 Å². The Morgan fingerprint density at radius 2 is 1.85 bits per heavy atom. The minimum atomic E-state index is -1.28. The van der Waals surface area contributed by atoms with Crippen LogP contribution >= 0.6 is 21.2 Å². The van der Waals surface area contributed by atoms with E-state index in [-0.39, 0.29) is 12.5 Å². The molecule has 2 aromatic carbocycles. The van der Waals surface area contributed by atoms with Crippen LogP contribution in [0.1, 0.15) is 27.0 Å². The van der Waals surface area contributed by atoms with E-state index in [2.05, 4.69) is 12.1 Å². The van der Waals surface area contributed by atoms with Gasteiger partial charge in [0.2, 0.25) is 0 Å². The Morgan fingerprint density at radius 3 is 2.44 bits per heavy atom. The van der Waals surface area contributed by atoms with E-state index in [0.29, 0.717) is 23.2 Å². The molecule has 27 heavy (non-hydrogen) atoms. The number of aldehydes is 1. The summed E-state index contributed by atoms with van der Waals surface area (Å²) in [5.74, 6) is -0.0730. The van der Waals surface area contributed by atoms with Crippen LogP contribution in [-0.4, -0.2) is 40.4 Å². The third kappa shape index (κ3) is 4.41. The second-order valence-electron chi connectivity index (χ2n) is 6.60. The predicted molar refractivity (Wildman–Crippen MR) is 112 cm³/mol. The maximum absolute atomic E-state index is 12.9. The van der Waals surface area contributed by atoms with Crippen LogP contribution in [0.2, 0.25) is 0 Å². The normalized spacial score (nSPS) is 13.3. The summed E-state index contributed by atoms with van der Waals surface area (Å²) >= 11 is -1.28. The highest BCUT2D eigenvalue weighted by Gasteiger charge is 2.26. The summed E-state index contributed by atoms with van der Waals surface area (Å²) in [6.07, 6.45) is 0.781. The second kappa shape index (κ2) is 8.71. The van der Waals surface area contributed by atoms with E-state index in [1.807, 2.05) is 35.0 Å². The predicted octanol–water partition coefficient (Wildman–Crippen LogP) is 3.28. The number of hydrazine groups is 1. The largest absolute Gasteiger partial charge is 0.350 e. The van der Waals surface area contributed by atoms with Crippen LogP contribution in [0.4, 0.5) is 5.69 Å². The summed E-state index contributed by atoms with van der Waals surface area (Å²) in [5, 5.41) is 3.65. The molecule has 0 aliphatic carbocycles. The molecule has 1 aliphatic rings. The zero-order valence-electron chi connectivity index (χ0n) is 15.4. The Labute approximate surface area is 169 Å². The fraction of sp³-hybridized carbons (Fsp3) is 0.300. The van der Waals surface area contributed by atoms with Crippen molar-refractivity contribution in [1.29, 1.82) is 0 Å². The number of nitrogens with zero attached hydrogens (tertiary/aromatic N) is 3. The number of anilines is 1. The number of carbonyl (C=O) groups excluding carboxylic acids is 2. The maximum atomic E-state index is 12.9. The standard InChI is InChI=1S/C20H22IN3O3/c1-15-7-8-16(13-25)9-19(15)23(14-21-27)12-20(26)22(2)24-10-17-5-3-4-6-18(17)11-24/h3-9,13H,10-12,14H2,1-2H3. The lowest BCUT2D eigenvalue weighted by Crippen LogP contribution is -2.45. The number of hydrogen-bond acceptors (Lipinski definition) is 5. The van der Waals surface area contributed by atoms with Crippen molar-refractivity contribution >= 4 is 39.1 Å². The number of rotatable bonds is 7. The highest BCUT2D eigenvalue weighted by Crippen LogP contribution is 2.25. The first-order valence-electron chi connectivity index (χ1n) is 8.64. The fourth-order valence-corrected chi connectivity index (χ4v) is 4.19. The van der Waals surface area contributed by atoms with Crippen LogP contribution in [-0.2, 0) is 21.0 Å². The maximum Gasteiger partial charge on any atom is 0.256 e. The minimum absolute atomic E-state index is 0.0730. The molecule has 2 aromatic rings. The van der Waals surface area contributed by atoms with Crippen LogP contribution in [0.15, 0.2) is 42.5 Å². The number of amides is 1. The smallest absolute Gasteiger partial charge is 0.256 e. The quantitative estimate of drug-likeness (QED) is 0.264. The first-order valence-corrected chi connectivity index (χ1v) is 11.0. The Kier molecular flexibility index (Phi) is 6.33. The highest BCUT2D eigenvalue weighted by atomic mass is 127. The average molecular weight is 479 g/mol. The van der Waals surface area contributed by atoms with Crippen molar-refractivity contribution in [2.75, 3.05) is 23.0 Å². The van der Waals surface area contributed by atoms with Gasteiger partial charge in [0.1, 0.15) is 10.8 Å². The summed E-state index contributed by atoms with van der Waals surface area (Å²) in [7, 11) is 1.77. The molecule has 0 fully saturated rings. The number of halogens is 1. The van der Waals surface area contributed by atoms with Gasteiger partial charge in [-0.1, -0.05) is 36.4 Å². The van der Waals surface area contributed by atoms with E-state index in [4.69, 9.17) is 0 Å². The van der Waals surface area contributed by atoms with Gasteiger partial charge in [0.05, 0.1) is 6.54 Å². The molecule has 6 nitrogen and oxygen atoms in total. The lowest BCUT2D eigenvalue weighted by molar-refractivity contribution is -0.145. The van der Waals surface area contributed by atoms with E-state index in [1.54, 1.807) is 24.2 Å². The molecule has 0 bridgehead atoms. The van der Waals surface area contributed by atoms with Crippen molar-refractivity contribution in [3.63, 3.8) is 0 Å². The summed E-state index contributed by atoms with van der Waals surface area (Å²) < 4.78 is 11.7. The van der Waals surface area contributed by atoms with Crippen LogP contribution < -0.4 is 4.90 Å². The fourth-order valence-electron chi connectivity index (χ4n) is 3.24.